The highest BCUT2D eigenvalue weighted by Crippen LogP contribution is 2.65. The van der Waals surface area contributed by atoms with Crippen LogP contribution in [0.25, 0.3) is 44.2 Å². The molecular weight excluding hydrogens is 917 g/mol. The maximum absolute atomic E-state index is 2.58. The van der Waals surface area contributed by atoms with E-state index in [1.54, 1.807) is 0 Å². The van der Waals surface area contributed by atoms with Crippen molar-refractivity contribution in [3.05, 3.63) is 299 Å². The summed E-state index contributed by atoms with van der Waals surface area (Å²) in [5.74, 6) is 0.826. The van der Waals surface area contributed by atoms with Crippen molar-refractivity contribution in [1.29, 1.82) is 0 Å². The van der Waals surface area contributed by atoms with Crippen molar-refractivity contribution >= 4 is 44.9 Å². The average molecular weight is 979 g/mol. The molecule has 0 heterocycles. The van der Waals surface area contributed by atoms with Crippen LogP contribution in [0.15, 0.2) is 255 Å². The van der Waals surface area contributed by atoms with Crippen LogP contribution in [0.3, 0.4) is 0 Å². The molecule has 1 spiro atoms. The van der Waals surface area contributed by atoms with Crippen LogP contribution >= 0.6 is 0 Å². The minimum absolute atomic E-state index is 0.261. The third kappa shape index (κ3) is 7.53. The number of hydrogen-bond donors (Lipinski definition) is 0. The first-order valence-corrected chi connectivity index (χ1v) is 27.1. The first kappa shape index (κ1) is 47.0. The highest BCUT2D eigenvalue weighted by Gasteiger charge is 2.54. The van der Waals surface area contributed by atoms with Crippen molar-refractivity contribution in [3.63, 3.8) is 0 Å². The second kappa shape index (κ2) is 18.6. The van der Waals surface area contributed by atoms with Gasteiger partial charge in [-0.1, -0.05) is 230 Å². The second-order valence-corrected chi connectivity index (χ2v) is 22.1. The molecule has 0 N–H and O–H groups in total. The first-order valence-electron chi connectivity index (χ1n) is 27.1. The Balaban J connectivity index is 1.12. The summed E-state index contributed by atoms with van der Waals surface area (Å²) in [6, 6.07) is 96.0. The van der Waals surface area contributed by atoms with Crippen LogP contribution in [0, 0.1) is 0 Å². The maximum atomic E-state index is 2.58. The molecule has 76 heavy (non-hydrogen) atoms. The zero-order valence-electron chi connectivity index (χ0n) is 44.3. The Bertz CT molecular complexity index is 3910. The minimum Gasteiger partial charge on any atom is -0.310 e. The number of rotatable bonds is 10. The Morgan fingerprint density at radius 2 is 0.724 bits per heavy atom. The number of anilines is 6. The molecule has 11 aromatic rings. The fraction of sp³-hybridized carbons (Fsp3) is 0.135. The molecule has 2 aliphatic rings. The molecule has 0 amide bonds. The van der Waals surface area contributed by atoms with E-state index in [1.807, 2.05) is 0 Å². The summed E-state index contributed by atoms with van der Waals surface area (Å²) in [6.07, 6.45) is 0. The summed E-state index contributed by atoms with van der Waals surface area (Å²) in [7, 11) is 0. The van der Waals surface area contributed by atoms with E-state index in [2.05, 4.69) is 306 Å². The lowest BCUT2D eigenvalue weighted by Gasteiger charge is -2.47. The number of hydrogen-bond acceptors (Lipinski definition) is 2. The Morgan fingerprint density at radius 1 is 0.303 bits per heavy atom. The largest absolute Gasteiger partial charge is 0.310 e. The molecule has 0 saturated carbocycles. The molecule has 0 aliphatic heterocycles. The summed E-state index contributed by atoms with van der Waals surface area (Å²) in [5.41, 5.74) is 23.6. The zero-order valence-corrected chi connectivity index (χ0v) is 44.3. The van der Waals surface area contributed by atoms with E-state index < -0.39 is 5.41 Å². The lowest BCUT2D eigenvalue weighted by atomic mass is 9.55. The van der Waals surface area contributed by atoms with Gasteiger partial charge in [0, 0.05) is 39.2 Å². The number of benzene rings is 11. The Labute approximate surface area is 449 Å². The van der Waals surface area contributed by atoms with Gasteiger partial charge >= 0.3 is 0 Å². The predicted octanol–water partition coefficient (Wildman–Crippen LogP) is 20.4. The van der Waals surface area contributed by atoms with Crippen molar-refractivity contribution in [1.82, 2.24) is 0 Å². The number of nitrogens with zero attached hydrogens (tertiary/aromatic N) is 2. The van der Waals surface area contributed by atoms with Crippen molar-refractivity contribution in [2.24, 2.45) is 0 Å². The molecule has 0 fully saturated rings. The average Bonchev–Trinajstić information content (AvgIpc) is 3.87. The van der Waals surface area contributed by atoms with Gasteiger partial charge in [0.05, 0.1) is 11.1 Å². The van der Waals surface area contributed by atoms with Crippen LogP contribution in [0.2, 0.25) is 0 Å². The summed E-state index contributed by atoms with van der Waals surface area (Å²) in [6.45, 7) is 13.9. The van der Waals surface area contributed by atoms with Gasteiger partial charge in [0.25, 0.3) is 0 Å². The van der Waals surface area contributed by atoms with Gasteiger partial charge in [-0.2, -0.15) is 0 Å². The molecule has 0 atom stereocenters. The highest BCUT2D eigenvalue weighted by atomic mass is 15.1. The van der Waals surface area contributed by atoms with Crippen LogP contribution in [0.1, 0.15) is 97.9 Å². The Kier molecular flexibility index (Phi) is 11.5. The van der Waals surface area contributed by atoms with E-state index in [-0.39, 0.29) is 5.41 Å². The van der Waals surface area contributed by atoms with Crippen molar-refractivity contribution in [2.45, 2.75) is 64.2 Å². The summed E-state index contributed by atoms with van der Waals surface area (Å²) in [5, 5.41) is 2.44. The standard InChI is InChI=1S/C74H62N2/c1-49(2)51-35-39-57(40-36-51)75(59-27-19-25-55(45-59)53-21-9-7-10-22-53)61-43-44-64-69(47-61)74(67-33-17-15-31-65(67)73(5,6)66-32-16-18-34-68(66)74)70-48-71(62-29-13-14-30-63(62)72(64)70)76(58-41-37-52(38-42-58)50(3)4)60-28-20-26-56(46-60)54-23-11-8-12-24-54/h7-50H,1-6H3. The monoisotopic (exact) mass is 978 g/mol. The molecular formula is C74H62N2. The maximum Gasteiger partial charge on any atom is 0.0721 e. The first-order chi connectivity index (χ1) is 37.1. The Hall–Kier alpha value is -8.72. The van der Waals surface area contributed by atoms with Gasteiger partial charge in [-0.25, -0.2) is 0 Å². The van der Waals surface area contributed by atoms with E-state index in [1.165, 1.54) is 88.7 Å². The molecule has 11 aromatic carbocycles. The normalized spacial score (nSPS) is 13.6. The van der Waals surface area contributed by atoms with E-state index in [9.17, 15) is 0 Å². The predicted molar refractivity (Wildman–Crippen MR) is 322 cm³/mol. The zero-order chi connectivity index (χ0) is 51.7. The van der Waals surface area contributed by atoms with Crippen LogP contribution in [0.5, 0.6) is 0 Å². The van der Waals surface area contributed by atoms with Crippen molar-refractivity contribution in [2.75, 3.05) is 9.80 Å². The molecule has 2 heteroatoms. The lowest BCUT2D eigenvalue weighted by Crippen LogP contribution is -2.40. The quantitative estimate of drug-likeness (QED) is 0.135. The molecule has 368 valence electrons. The molecule has 0 unspecified atom stereocenters. The van der Waals surface area contributed by atoms with Crippen molar-refractivity contribution < 1.29 is 0 Å². The third-order valence-corrected chi connectivity index (χ3v) is 16.7. The number of fused-ring (bicyclic) bond motifs is 11. The molecule has 13 rings (SSSR count). The van der Waals surface area contributed by atoms with E-state index in [0.29, 0.717) is 11.8 Å². The Morgan fingerprint density at radius 3 is 1.25 bits per heavy atom. The van der Waals surface area contributed by atoms with Crippen LogP contribution in [0.4, 0.5) is 34.1 Å². The van der Waals surface area contributed by atoms with Gasteiger partial charge < -0.3 is 9.80 Å². The van der Waals surface area contributed by atoms with Gasteiger partial charge in [-0.05, 0) is 162 Å². The molecule has 0 radical (unpaired) electrons. The van der Waals surface area contributed by atoms with E-state index in [4.69, 9.17) is 0 Å². The van der Waals surface area contributed by atoms with Gasteiger partial charge in [-0.15, -0.1) is 0 Å². The van der Waals surface area contributed by atoms with Crippen LogP contribution < -0.4 is 9.80 Å². The van der Waals surface area contributed by atoms with E-state index in [0.717, 1.165) is 34.1 Å². The minimum atomic E-state index is -0.694. The van der Waals surface area contributed by atoms with E-state index >= 15 is 0 Å². The van der Waals surface area contributed by atoms with Crippen LogP contribution in [-0.4, -0.2) is 0 Å². The smallest absolute Gasteiger partial charge is 0.0721 e. The van der Waals surface area contributed by atoms with Crippen molar-refractivity contribution in [3.8, 4) is 33.4 Å². The molecule has 0 saturated heterocycles. The molecule has 0 bridgehead atoms. The van der Waals surface area contributed by atoms with Crippen LogP contribution in [-0.2, 0) is 10.8 Å². The summed E-state index contributed by atoms with van der Waals surface area (Å²) >= 11 is 0. The van der Waals surface area contributed by atoms with Gasteiger partial charge in [-0.3, -0.25) is 0 Å². The highest BCUT2D eigenvalue weighted by molar-refractivity contribution is 6.11. The second-order valence-electron chi connectivity index (χ2n) is 22.1. The molecule has 2 nitrogen and oxygen atoms in total. The van der Waals surface area contributed by atoms with Gasteiger partial charge in [0.1, 0.15) is 0 Å². The fourth-order valence-corrected chi connectivity index (χ4v) is 12.9. The summed E-state index contributed by atoms with van der Waals surface area (Å²) in [4.78, 5) is 5.00. The summed E-state index contributed by atoms with van der Waals surface area (Å²) < 4.78 is 0. The lowest BCUT2D eigenvalue weighted by molar-refractivity contribution is 0.563. The fourth-order valence-electron chi connectivity index (χ4n) is 12.9. The third-order valence-electron chi connectivity index (χ3n) is 16.7. The topological polar surface area (TPSA) is 6.48 Å². The SMILES string of the molecule is CC(C)c1ccc(N(c2cccc(-c3ccccc3)c2)c2ccc3c(c2)C2(c4ccccc4C(C)(C)c4ccccc42)c2cc(N(c4ccc(C(C)C)cc4)c4cccc(-c5ccccc5)c4)c4ccccc4c2-3)cc1. The van der Waals surface area contributed by atoms with Gasteiger partial charge in [0.2, 0.25) is 0 Å². The van der Waals surface area contributed by atoms with Gasteiger partial charge in [0.15, 0.2) is 0 Å². The molecule has 0 aromatic heterocycles. The molecule has 2 aliphatic carbocycles.